The lowest BCUT2D eigenvalue weighted by molar-refractivity contribution is 0.255. The number of aromatic hydroxyl groups is 1. The molecule has 2 amide bonds. The summed E-state index contributed by atoms with van der Waals surface area (Å²) in [5.41, 5.74) is 0.389. The van der Waals surface area contributed by atoms with Crippen LogP contribution in [0.25, 0.3) is 0 Å². The first kappa shape index (κ1) is 11.1. The lowest BCUT2D eigenvalue weighted by Gasteiger charge is -2.05. The topological polar surface area (TPSA) is 61.4 Å². The summed E-state index contributed by atoms with van der Waals surface area (Å²) in [6, 6.07) is 6.18. The van der Waals surface area contributed by atoms with Gasteiger partial charge in [-0.15, -0.1) is 0 Å². The average Bonchev–Trinajstić information content (AvgIpc) is 2.22. The lowest BCUT2D eigenvalue weighted by Crippen LogP contribution is -2.23. The van der Waals surface area contributed by atoms with Crippen molar-refractivity contribution in [3.05, 3.63) is 36.5 Å². The maximum absolute atomic E-state index is 11.3. The van der Waals surface area contributed by atoms with Crippen LogP contribution in [-0.4, -0.2) is 11.1 Å². The van der Waals surface area contributed by atoms with E-state index in [1.54, 1.807) is 24.4 Å². The number of rotatable bonds is 3. The van der Waals surface area contributed by atoms with E-state index in [0.29, 0.717) is 5.69 Å². The quantitative estimate of drug-likeness (QED) is 0.665. The van der Waals surface area contributed by atoms with Gasteiger partial charge in [0.05, 0.1) is 5.69 Å². The molecule has 0 saturated heterocycles. The van der Waals surface area contributed by atoms with Gasteiger partial charge in [0.15, 0.2) is 0 Å². The zero-order chi connectivity index (χ0) is 11.1. The molecule has 4 nitrogen and oxygen atoms in total. The largest absolute Gasteiger partial charge is 0.506 e. The molecule has 80 valence electrons. The number of allylic oxidation sites excluding steroid dienone is 1. The number of urea groups is 1. The zero-order valence-corrected chi connectivity index (χ0v) is 8.53. The molecular formula is C11H14N2O2. The van der Waals surface area contributed by atoms with Crippen LogP contribution in [0.4, 0.5) is 10.5 Å². The van der Waals surface area contributed by atoms with Gasteiger partial charge in [0.2, 0.25) is 0 Å². The molecule has 0 fully saturated rings. The second-order valence-electron chi connectivity index (χ2n) is 2.93. The molecule has 0 aromatic heterocycles. The van der Waals surface area contributed by atoms with E-state index in [9.17, 15) is 9.90 Å². The summed E-state index contributed by atoms with van der Waals surface area (Å²) >= 11 is 0. The van der Waals surface area contributed by atoms with Crippen molar-refractivity contribution in [1.29, 1.82) is 0 Å². The first-order valence-electron chi connectivity index (χ1n) is 4.74. The predicted octanol–water partition coefficient (Wildman–Crippen LogP) is 2.44. The van der Waals surface area contributed by atoms with Crippen LogP contribution in [0.15, 0.2) is 36.5 Å². The first-order valence-corrected chi connectivity index (χ1v) is 4.74. The van der Waals surface area contributed by atoms with E-state index in [1.165, 1.54) is 6.07 Å². The Bertz CT molecular complexity index is 361. The molecule has 1 rings (SSSR count). The van der Waals surface area contributed by atoms with Crippen LogP contribution in [0.1, 0.15) is 13.3 Å². The van der Waals surface area contributed by atoms with Crippen molar-refractivity contribution in [2.75, 3.05) is 5.32 Å². The molecule has 0 atom stereocenters. The van der Waals surface area contributed by atoms with Crippen LogP contribution in [0.5, 0.6) is 5.75 Å². The van der Waals surface area contributed by atoms with Crippen LogP contribution in [0.2, 0.25) is 0 Å². The average molecular weight is 206 g/mol. The van der Waals surface area contributed by atoms with Crippen molar-refractivity contribution in [3.63, 3.8) is 0 Å². The van der Waals surface area contributed by atoms with Gasteiger partial charge in [-0.3, -0.25) is 0 Å². The van der Waals surface area contributed by atoms with Crippen LogP contribution in [0.3, 0.4) is 0 Å². The molecule has 15 heavy (non-hydrogen) atoms. The standard InChI is InChI=1S/C11H14N2O2/c1-2-3-8-12-11(15)13-9-6-4-5-7-10(9)14/h3-8,14H,2H2,1H3,(H2,12,13,15)/b8-3+. The minimum Gasteiger partial charge on any atom is -0.506 e. The Balaban J connectivity index is 2.52. The maximum Gasteiger partial charge on any atom is 0.323 e. The van der Waals surface area contributed by atoms with Crippen LogP contribution >= 0.6 is 0 Å². The summed E-state index contributed by atoms with van der Waals surface area (Å²) in [6.07, 6.45) is 4.25. The molecule has 0 heterocycles. The summed E-state index contributed by atoms with van der Waals surface area (Å²) < 4.78 is 0. The third-order valence-electron chi connectivity index (χ3n) is 1.72. The number of carbonyl (C=O) groups excluding carboxylic acids is 1. The van der Waals surface area contributed by atoms with Crippen molar-refractivity contribution >= 4 is 11.7 Å². The van der Waals surface area contributed by atoms with E-state index in [2.05, 4.69) is 10.6 Å². The number of benzene rings is 1. The highest BCUT2D eigenvalue weighted by Gasteiger charge is 2.02. The number of hydrogen-bond acceptors (Lipinski definition) is 2. The molecule has 0 saturated carbocycles. The van der Waals surface area contributed by atoms with Gasteiger partial charge in [-0.2, -0.15) is 0 Å². The Morgan fingerprint density at radius 3 is 2.87 bits per heavy atom. The number of anilines is 1. The molecule has 3 N–H and O–H groups in total. The fraction of sp³-hybridized carbons (Fsp3) is 0.182. The van der Waals surface area contributed by atoms with E-state index < -0.39 is 0 Å². The van der Waals surface area contributed by atoms with Crippen LogP contribution < -0.4 is 10.6 Å². The summed E-state index contributed by atoms with van der Waals surface area (Å²) in [4.78, 5) is 11.3. The van der Waals surface area contributed by atoms with Gasteiger partial charge < -0.3 is 15.7 Å². The number of nitrogens with one attached hydrogen (secondary N) is 2. The second kappa shape index (κ2) is 5.70. The van der Waals surface area contributed by atoms with Crippen molar-refractivity contribution in [2.45, 2.75) is 13.3 Å². The van der Waals surface area contributed by atoms with Gasteiger partial charge in [-0.05, 0) is 18.6 Å². The fourth-order valence-electron chi connectivity index (χ4n) is 0.990. The summed E-state index contributed by atoms with van der Waals surface area (Å²) in [5.74, 6) is 0.0483. The van der Waals surface area contributed by atoms with E-state index >= 15 is 0 Å². The van der Waals surface area contributed by atoms with Gasteiger partial charge in [-0.25, -0.2) is 4.79 Å². The Hall–Kier alpha value is -1.97. The number of phenolic OH excluding ortho intramolecular Hbond substituents is 1. The predicted molar refractivity (Wildman–Crippen MR) is 59.7 cm³/mol. The van der Waals surface area contributed by atoms with Crippen LogP contribution in [0, 0.1) is 0 Å². The SMILES string of the molecule is CC/C=C/NC(=O)Nc1ccccc1O. The van der Waals surface area contributed by atoms with E-state index in [-0.39, 0.29) is 11.8 Å². The molecule has 0 unspecified atom stereocenters. The van der Waals surface area contributed by atoms with E-state index in [4.69, 9.17) is 0 Å². The van der Waals surface area contributed by atoms with Gasteiger partial charge in [0.25, 0.3) is 0 Å². The molecule has 0 aliphatic carbocycles. The Morgan fingerprint density at radius 1 is 1.47 bits per heavy atom. The third-order valence-corrected chi connectivity index (χ3v) is 1.72. The zero-order valence-electron chi connectivity index (χ0n) is 8.53. The Kier molecular flexibility index (Phi) is 4.22. The molecule has 0 aliphatic rings. The molecule has 0 aliphatic heterocycles. The number of phenols is 1. The Labute approximate surface area is 88.6 Å². The Morgan fingerprint density at radius 2 is 2.20 bits per heavy atom. The summed E-state index contributed by atoms with van der Waals surface area (Å²) in [7, 11) is 0. The van der Waals surface area contributed by atoms with Gasteiger partial charge in [0, 0.05) is 6.20 Å². The van der Waals surface area contributed by atoms with Crippen molar-refractivity contribution < 1.29 is 9.90 Å². The number of para-hydroxylation sites is 2. The highest BCUT2D eigenvalue weighted by molar-refractivity contribution is 5.91. The summed E-state index contributed by atoms with van der Waals surface area (Å²) in [6.45, 7) is 1.97. The molecule has 1 aromatic carbocycles. The van der Waals surface area contributed by atoms with Crippen molar-refractivity contribution in [3.8, 4) is 5.75 Å². The molecule has 1 aromatic rings. The van der Waals surface area contributed by atoms with Gasteiger partial charge >= 0.3 is 6.03 Å². The third kappa shape index (κ3) is 3.72. The van der Waals surface area contributed by atoms with Crippen molar-refractivity contribution in [1.82, 2.24) is 5.32 Å². The highest BCUT2D eigenvalue weighted by Crippen LogP contribution is 2.20. The minimum absolute atomic E-state index is 0.0483. The molecular weight excluding hydrogens is 192 g/mol. The maximum atomic E-state index is 11.3. The van der Waals surface area contributed by atoms with Crippen molar-refractivity contribution in [2.24, 2.45) is 0 Å². The second-order valence-corrected chi connectivity index (χ2v) is 2.93. The summed E-state index contributed by atoms with van der Waals surface area (Å²) in [5, 5.41) is 14.4. The molecule has 4 heteroatoms. The number of amides is 2. The minimum atomic E-state index is -0.374. The van der Waals surface area contributed by atoms with E-state index in [1.807, 2.05) is 13.0 Å². The highest BCUT2D eigenvalue weighted by atomic mass is 16.3. The van der Waals surface area contributed by atoms with Crippen LogP contribution in [-0.2, 0) is 0 Å². The monoisotopic (exact) mass is 206 g/mol. The number of hydrogen-bond donors (Lipinski definition) is 3. The lowest BCUT2D eigenvalue weighted by atomic mass is 10.3. The molecule has 0 radical (unpaired) electrons. The van der Waals surface area contributed by atoms with E-state index in [0.717, 1.165) is 6.42 Å². The molecule has 0 bridgehead atoms. The normalized spacial score (nSPS) is 10.2. The molecule has 0 spiro atoms. The van der Waals surface area contributed by atoms with Gasteiger partial charge in [0.1, 0.15) is 5.75 Å². The smallest absolute Gasteiger partial charge is 0.323 e. The fourth-order valence-corrected chi connectivity index (χ4v) is 0.990. The van der Waals surface area contributed by atoms with Gasteiger partial charge in [-0.1, -0.05) is 25.1 Å². The first-order chi connectivity index (χ1) is 7.24. The number of carbonyl (C=O) groups is 1.